The number of nitrogens with one attached hydrogen (secondary N) is 2. The highest BCUT2D eigenvalue weighted by Gasteiger charge is 2.30. The quantitative estimate of drug-likeness (QED) is 0.314. The number of hydrogen-bond donors (Lipinski definition) is 2. The first kappa shape index (κ1) is 28.0. The fourth-order valence-electron chi connectivity index (χ4n) is 5.64. The highest BCUT2D eigenvalue weighted by Crippen LogP contribution is 2.23. The van der Waals surface area contributed by atoms with Crippen LogP contribution in [0, 0.1) is 11.3 Å². The maximum atomic E-state index is 13.4. The molecule has 2 N–H and O–H groups in total. The second-order valence-electron chi connectivity index (χ2n) is 11.0. The largest absolute Gasteiger partial charge is 0.380 e. The Morgan fingerprint density at radius 3 is 2.58 bits per heavy atom. The average molecular weight is 578 g/mol. The molecule has 0 saturated carbocycles. The van der Waals surface area contributed by atoms with Gasteiger partial charge in [0.25, 0.3) is 11.5 Å². The molecule has 2 aromatic heterocycles. The van der Waals surface area contributed by atoms with Crippen molar-refractivity contribution in [1.29, 1.82) is 5.26 Å². The summed E-state index contributed by atoms with van der Waals surface area (Å²) in [7, 11) is 0. The van der Waals surface area contributed by atoms with Crippen LogP contribution >= 0.6 is 0 Å². The number of pyridine rings is 1. The number of amides is 2. The van der Waals surface area contributed by atoms with Gasteiger partial charge in [-0.15, -0.1) is 5.10 Å². The van der Waals surface area contributed by atoms with Gasteiger partial charge in [0.1, 0.15) is 23.4 Å². The van der Waals surface area contributed by atoms with Gasteiger partial charge < -0.3 is 10.2 Å². The molecule has 2 aliphatic heterocycles. The SMILES string of the molecule is C[C@@H]1CN(c2ccc(C#N)cn2)CCN1Cc1ccc(CNc2cccc3nnn(C4CCC(=O)NC4=O)c(=O)c23)cc1. The zero-order chi connectivity index (χ0) is 29.9. The molecule has 2 fully saturated rings. The Labute approximate surface area is 247 Å². The van der Waals surface area contributed by atoms with E-state index in [-0.39, 0.29) is 18.7 Å². The van der Waals surface area contributed by atoms with E-state index < -0.39 is 17.5 Å². The third kappa shape index (κ3) is 5.93. The Morgan fingerprint density at radius 1 is 1.05 bits per heavy atom. The van der Waals surface area contributed by atoms with Crippen molar-refractivity contribution in [3.05, 3.63) is 87.8 Å². The van der Waals surface area contributed by atoms with E-state index in [9.17, 15) is 14.4 Å². The second-order valence-corrected chi connectivity index (χ2v) is 11.0. The van der Waals surface area contributed by atoms with Crippen molar-refractivity contribution >= 4 is 34.2 Å². The number of hydrogen-bond acceptors (Lipinski definition) is 10. The Kier molecular flexibility index (Phi) is 7.81. The maximum Gasteiger partial charge on any atom is 0.280 e. The van der Waals surface area contributed by atoms with E-state index in [1.807, 2.05) is 18.2 Å². The van der Waals surface area contributed by atoms with E-state index in [4.69, 9.17) is 5.26 Å². The van der Waals surface area contributed by atoms with Gasteiger partial charge in [-0.25, -0.2) is 4.98 Å². The fraction of sp³-hybridized carbons (Fsp3) is 0.323. The summed E-state index contributed by atoms with van der Waals surface area (Å²) in [6.45, 7) is 6.19. The summed E-state index contributed by atoms with van der Waals surface area (Å²) in [5, 5.41) is 23.2. The second kappa shape index (κ2) is 12.0. The van der Waals surface area contributed by atoms with Gasteiger partial charge in [0.2, 0.25) is 5.91 Å². The van der Waals surface area contributed by atoms with E-state index >= 15 is 0 Å². The van der Waals surface area contributed by atoms with Gasteiger partial charge in [-0.1, -0.05) is 35.5 Å². The Bertz CT molecular complexity index is 1760. The molecule has 4 aromatic rings. The standard InChI is InChI=1S/C31H31N9O3/c1-20-18-39(27-11-9-23(15-32)17-34-27)14-13-38(20)19-22-7-5-21(6-8-22)16-33-24-3-2-4-25-29(24)31(43)40(37-36-25)26-10-12-28(41)35-30(26)42/h2-9,11,17,20,26,33H,10,12-14,16,18-19H2,1H3,(H,35,41,42)/t20-,26?/m1/s1. The van der Waals surface area contributed by atoms with Crippen molar-refractivity contribution in [3.63, 3.8) is 0 Å². The van der Waals surface area contributed by atoms with Crippen molar-refractivity contribution in [2.24, 2.45) is 0 Å². The van der Waals surface area contributed by atoms with E-state index in [0.717, 1.165) is 42.2 Å². The first-order valence-corrected chi connectivity index (χ1v) is 14.3. The van der Waals surface area contributed by atoms with Crippen molar-refractivity contribution < 1.29 is 9.59 Å². The third-order valence-electron chi connectivity index (χ3n) is 8.08. The van der Waals surface area contributed by atoms with Crippen LogP contribution < -0.4 is 21.1 Å². The normalized spacial score (nSPS) is 19.2. The molecule has 4 heterocycles. The molecule has 12 heteroatoms. The molecule has 0 aliphatic carbocycles. The van der Waals surface area contributed by atoms with E-state index in [0.29, 0.717) is 34.7 Å². The first-order valence-electron chi connectivity index (χ1n) is 14.3. The smallest absolute Gasteiger partial charge is 0.280 e. The molecule has 6 rings (SSSR count). The summed E-state index contributed by atoms with van der Waals surface area (Å²) in [5.41, 5.74) is 3.44. The van der Waals surface area contributed by atoms with Crippen molar-refractivity contribution in [2.45, 2.75) is 44.9 Å². The van der Waals surface area contributed by atoms with Crippen LogP contribution in [0.1, 0.15) is 42.5 Å². The Morgan fingerprint density at radius 2 is 1.86 bits per heavy atom. The van der Waals surface area contributed by atoms with Gasteiger partial charge in [0.15, 0.2) is 0 Å². The summed E-state index contributed by atoms with van der Waals surface area (Å²) in [6, 6.07) is 19.0. The summed E-state index contributed by atoms with van der Waals surface area (Å²) in [6.07, 6.45) is 1.97. The first-order chi connectivity index (χ1) is 20.9. The lowest BCUT2D eigenvalue weighted by Gasteiger charge is -2.40. The van der Waals surface area contributed by atoms with Crippen LogP contribution in [0.2, 0.25) is 0 Å². The molecule has 2 saturated heterocycles. The summed E-state index contributed by atoms with van der Waals surface area (Å²) < 4.78 is 1.08. The molecular formula is C31H31N9O3. The number of benzene rings is 2. The molecule has 0 spiro atoms. The van der Waals surface area contributed by atoms with Crippen LogP contribution in [-0.2, 0) is 22.7 Å². The number of fused-ring (bicyclic) bond motifs is 1. The number of piperazine rings is 1. The molecule has 2 atom stereocenters. The van der Waals surface area contributed by atoms with Crippen LogP contribution in [0.5, 0.6) is 0 Å². The fourth-order valence-corrected chi connectivity index (χ4v) is 5.64. The number of rotatable bonds is 7. The third-order valence-corrected chi connectivity index (χ3v) is 8.08. The number of nitriles is 1. The summed E-state index contributed by atoms with van der Waals surface area (Å²) >= 11 is 0. The molecule has 0 radical (unpaired) electrons. The monoisotopic (exact) mass is 577 g/mol. The highest BCUT2D eigenvalue weighted by atomic mass is 16.2. The van der Waals surface area contributed by atoms with E-state index in [2.05, 4.69) is 73.0 Å². The van der Waals surface area contributed by atoms with Crippen LogP contribution in [0.25, 0.3) is 10.9 Å². The molecule has 2 aliphatic rings. The van der Waals surface area contributed by atoms with Crippen LogP contribution in [0.15, 0.2) is 65.6 Å². The van der Waals surface area contributed by atoms with Crippen molar-refractivity contribution in [2.75, 3.05) is 29.9 Å². The minimum atomic E-state index is -0.874. The number of piperidine rings is 1. The van der Waals surface area contributed by atoms with Crippen LogP contribution in [0.4, 0.5) is 11.5 Å². The van der Waals surface area contributed by atoms with Crippen molar-refractivity contribution in [3.8, 4) is 6.07 Å². The number of imide groups is 1. The predicted molar refractivity (Wildman–Crippen MR) is 160 cm³/mol. The van der Waals surface area contributed by atoms with Crippen LogP contribution in [0.3, 0.4) is 0 Å². The molecular weight excluding hydrogens is 546 g/mol. The molecule has 218 valence electrons. The molecule has 2 amide bonds. The minimum Gasteiger partial charge on any atom is -0.380 e. The molecule has 0 bridgehead atoms. The van der Waals surface area contributed by atoms with Gasteiger partial charge in [-0.3, -0.25) is 24.6 Å². The zero-order valence-corrected chi connectivity index (χ0v) is 23.7. The number of carbonyl (C=O) groups is 2. The maximum absolute atomic E-state index is 13.4. The lowest BCUT2D eigenvalue weighted by molar-refractivity contribution is -0.136. The predicted octanol–water partition coefficient (Wildman–Crippen LogP) is 2.36. The van der Waals surface area contributed by atoms with Gasteiger partial charge in [-0.2, -0.15) is 9.94 Å². The molecule has 43 heavy (non-hydrogen) atoms. The number of anilines is 2. The van der Waals surface area contributed by atoms with Gasteiger partial charge >= 0.3 is 0 Å². The average Bonchev–Trinajstić information content (AvgIpc) is 3.02. The topological polar surface area (TPSA) is 149 Å². The Hall–Kier alpha value is -5.15. The van der Waals surface area contributed by atoms with Gasteiger partial charge in [0, 0.05) is 57.1 Å². The zero-order valence-electron chi connectivity index (χ0n) is 23.7. The molecule has 12 nitrogen and oxygen atoms in total. The highest BCUT2D eigenvalue weighted by molar-refractivity contribution is 5.99. The van der Waals surface area contributed by atoms with Gasteiger partial charge in [-0.05, 0) is 48.7 Å². The summed E-state index contributed by atoms with van der Waals surface area (Å²) in [4.78, 5) is 46.5. The Balaban J connectivity index is 1.09. The molecule has 2 aromatic carbocycles. The van der Waals surface area contributed by atoms with Gasteiger partial charge in [0.05, 0.1) is 10.9 Å². The molecule has 1 unspecified atom stereocenters. The summed E-state index contributed by atoms with van der Waals surface area (Å²) in [5.74, 6) is -0.00153. The number of nitrogens with zero attached hydrogens (tertiary/aromatic N) is 7. The minimum absolute atomic E-state index is 0.143. The number of aromatic nitrogens is 4. The van der Waals surface area contributed by atoms with Crippen LogP contribution in [-0.4, -0.2) is 62.4 Å². The van der Waals surface area contributed by atoms with E-state index in [1.54, 1.807) is 18.3 Å². The van der Waals surface area contributed by atoms with Crippen molar-refractivity contribution in [1.82, 2.24) is 30.2 Å². The van der Waals surface area contributed by atoms with E-state index in [1.165, 1.54) is 5.56 Å². The number of carbonyl (C=O) groups excluding carboxylic acids is 2. The lowest BCUT2D eigenvalue weighted by atomic mass is 10.1. The lowest BCUT2D eigenvalue weighted by Crippen LogP contribution is -2.51.